The molecule has 0 saturated carbocycles. The van der Waals surface area contributed by atoms with Crippen molar-refractivity contribution in [1.29, 1.82) is 5.26 Å². The number of ether oxygens (including phenoxy) is 3. The van der Waals surface area contributed by atoms with Crippen molar-refractivity contribution in [2.75, 3.05) is 31.7 Å². The average Bonchev–Trinajstić information content (AvgIpc) is 3.33. The van der Waals surface area contributed by atoms with Gasteiger partial charge in [0.2, 0.25) is 5.88 Å². The molecule has 0 bridgehead atoms. The third kappa shape index (κ3) is 25.5. The van der Waals surface area contributed by atoms with Gasteiger partial charge in [-0.2, -0.15) is 18.4 Å². The summed E-state index contributed by atoms with van der Waals surface area (Å²) in [5.41, 5.74) is 9.68. The number of nitrogens with zero attached hydrogens (tertiary/aromatic N) is 9. The van der Waals surface area contributed by atoms with E-state index in [4.69, 9.17) is 14.7 Å². The summed E-state index contributed by atoms with van der Waals surface area (Å²) in [6, 6.07) is 25.4. The second-order valence-corrected chi connectivity index (χ2v) is 16.6. The van der Waals surface area contributed by atoms with Crippen LogP contribution in [-0.2, 0) is 10.9 Å². The molecule has 8 heterocycles. The van der Waals surface area contributed by atoms with Gasteiger partial charge in [-0.05, 0) is 166 Å². The van der Waals surface area contributed by atoms with Crippen LogP contribution in [0.3, 0.4) is 0 Å². The van der Waals surface area contributed by atoms with E-state index in [-0.39, 0.29) is 11.3 Å². The van der Waals surface area contributed by atoms with Crippen LogP contribution in [0.5, 0.6) is 11.6 Å². The summed E-state index contributed by atoms with van der Waals surface area (Å²) in [7, 11) is 1.52. The summed E-state index contributed by atoms with van der Waals surface area (Å²) >= 11 is 0. The molecular weight excluding hydrogens is 973 g/mol. The van der Waals surface area contributed by atoms with Crippen LogP contribution in [0.1, 0.15) is 87.0 Å². The summed E-state index contributed by atoms with van der Waals surface area (Å²) in [4.78, 5) is 29.9. The Kier molecular flexibility index (Phi) is 27.2. The maximum atomic E-state index is 12.3. The molecule has 0 amide bonds. The maximum Gasteiger partial charge on any atom is 0.574 e. The van der Waals surface area contributed by atoms with Crippen molar-refractivity contribution in [1.82, 2.24) is 34.9 Å². The lowest BCUT2D eigenvalue weighted by Crippen LogP contribution is -2.41. The highest BCUT2D eigenvalue weighted by Gasteiger charge is 2.34. The van der Waals surface area contributed by atoms with Gasteiger partial charge in [-0.3, -0.25) is 24.9 Å². The number of rotatable bonds is 3. The highest BCUT2D eigenvalue weighted by molar-refractivity contribution is 5.42. The quantitative estimate of drug-likeness (QED) is 0.123. The van der Waals surface area contributed by atoms with E-state index in [1.54, 1.807) is 31.5 Å². The van der Waals surface area contributed by atoms with E-state index >= 15 is 0 Å². The standard InChI is InChI=1S/C12H18N2O.C9H9N.C8H8F3N.C7H6F3NO.C7H6N2O.2C7H9N/c1-9-4-5-12(13-11(9)3)14-6-7-15-10(2)8-14;1-3-5-9-6-4-7-10-8(9)2;1-5-3-4-12-6(2)7(5)8(9,10)11;1-5-3-2-4-6(11-5)12-7(8,9)10;1-10-7-2-3-9-5-6(7)4-8;2*1-6-3-4-8-7(2)5-6/h4-5,10H,6-8H2,1-3H3;4,6-7H,1-2H3;3-4H,1-2H3;2-4H,1H3;2-3,5H,1H3;2*3-5H,1-2H3. The zero-order valence-corrected chi connectivity index (χ0v) is 44.7. The zero-order valence-electron chi connectivity index (χ0n) is 44.7. The fourth-order valence-corrected chi connectivity index (χ4v) is 6.41. The maximum absolute atomic E-state index is 12.3. The summed E-state index contributed by atoms with van der Waals surface area (Å²) in [5.74, 6) is 7.01. The molecule has 8 rings (SSSR count). The zero-order chi connectivity index (χ0) is 56.1. The number of anilines is 1. The minimum atomic E-state index is -4.67. The first-order valence-electron chi connectivity index (χ1n) is 23.4. The van der Waals surface area contributed by atoms with Crippen LogP contribution in [0, 0.1) is 92.4 Å². The van der Waals surface area contributed by atoms with E-state index in [0.29, 0.717) is 23.1 Å². The molecule has 0 radical (unpaired) electrons. The Morgan fingerprint density at radius 2 is 1.28 bits per heavy atom. The molecule has 1 aliphatic heterocycles. The van der Waals surface area contributed by atoms with Crippen LogP contribution in [-0.4, -0.2) is 74.2 Å². The first-order valence-corrected chi connectivity index (χ1v) is 23.4. The average molecular weight is 1040 g/mol. The van der Waals surface area contributed by atoms with Gasteiger partial charge in [0.15, 0.2) is 0 Å². The molecule has 0 aliphatic carbocycles. The molecule has 1 fully saturated rings. The van der Waals surface area contributed by atoms with Gasteiger partial charge in [-0.15, -0.1) is 19.1 Å². The molecule has 18 heteroatoms. The number of morpholine rings is 1. The second kappa shape index (κ2) is 32.3. The number of aromatic nitrogens is 7. The van der Waals surface area contributed by atoms with Crippen LogP contribution < -0.4 is 14.4 Å². The Morgan fingerprint density at radius 3 is 1.73 bits per heavy atom. The Hall–Kier alpha value is -7.96. The topological polar surface area (TPSA) is 145 Å². The summed E-state index contributed by atoms with van der Waals surface area (Å²) in [6.45, 7) is 25.2. The molecule has 1 unspecified atom stereocenters. The largest absolute Gasteiger partial charge is 0.574 e. The number of halogens is 6. The van der Waals surface area contributed by atoms with Crippen molar-refractivity contribution in [3.8, 4) is 29.5 Å². The molecule has 0 spiro atoms. The van der Waals surface area contributed by atoms with E-state index in [2.05, 4.69) is 115 Å². The summed E-state index contributed by atoms with van der Waals surface area (Å²) in [6.07, 6.45) is 1.20. The van der Waals surface area contributed by atoms with Crippen LogP contribution in [0.25, 0.3) is 0 Å². The molecule has 1 saturated heterocycles. The second-order valence-electron chi connectivity index (χ2n) is 16.6. The molecule has 7 aromatic rings. The van der Waals surface area contributed by atoms with Gasteiger partial charge in [-0.25, -0.2) is 9.97 Å². The van der Waals surface area contributed by atoms with Gasteiger partial charge in [0.05, 0.1) is 31.1 Å². The molecule has 0 N–H and O–H groups in total. The number of nitriles is 1. The predicted molar refractivity (Wildman–Crippen MR) is 280 cm³/mol. The first-order chi connectivity index (χ1) is 35.4. The van der Waals surface area contributed by atoms with Crippen molar-refractivity contribution in [3.63, 3.8) is 0 Å². The molecular formula is C57H65F6N9O3. The van der Waals surface area contributed by atoms with Crippen molar-refractivity contribution in [2.45, 2.75) is 102 Å². The number of methoxy groups -OCH3 is 1. The smallest absolute Gasteiger partial charge is 0.495 e. The minimum Gasteiger partial charge on any atom is -0.495 e. The fraction of sp³-hybridized carbons (Fsp3) is 0.333. The third-order valence-electron chi connectivity index (χ3n) is 10.1. The van der Waals surface area contributed by atoms with Crippen LogP contribution >= 0.6 is 0 Å². The Labute approximate surface area is 437 Å². The Bertz CT molecular complexity index is 2840. The van der Waals surface area contributed by atoms with E-state index in [1.807, 2.05) is 70.4 Å². The van der Waals surface area contributed by atoms with Crippen molar-refractivity contribution in [3.05, 3.63) is 189 Å². The monoisotopic (exact) mass is 1040 g/mol. The molecule has 1 atom stereocenters. The molecule has 0 aromatic carbocycles. The van der Waals surface area contributed by atoms with E-state index in [0.717, 1.165) is 59.9 Å². The van der Waals surface area contributed by atoms with Gasteiger partial charge < -0.3 is 19.1 Å². The van der Waals surface area contributed by atoms with Gasteiger partial charge in [-0.1, -0.05) is 18.1 Å². The molecule has 75 heavy (non-hydrogen) atoms. The molecule has 398 valence electrons. The van der Waals surface area contributed by atoms with Crippen LogP contribution in [0.4, 0.5) is 32.2 Å². The highest BCUT2D eigenvalue weighted by Crippen LogP contribution is 2.33. The van der Waals surface area contributed by atoms with E-state index < -0.39 is 24.0 Å². The summed E-state index contributed by atoms with van der Waals surface area (Å²) < 4.78 is 85.6. The van der Waals surface area contributed by atoms with Crippen LogP contribution in [0.2, 0.25) is 0 Å². The third-order valence-corrected chi connectivity index (χ3v) is 10.1. The molecule has 1 aliphatic rings. The van der Waals surface area contributed by atoms with Gasteiger partial charge in [0.25, 0.3) is 0 Å². The van der Waals surface area contributed by atoms with Gasteiger partial charge >= 0.3 is 12.5 Å². The number of hydrogen-bond acceptors (Lipinski definition) is 12. The van der Waals surface area contributed by atoms with Crippen molar-refractivity contribution >= 4 is 5.82 Å². The van der Waals surface area contributed by atoms with Crippen molar-refractivity contribution < 1.29 is 40.6 Å². The summed E-state index contributed by atoms with van der Waals surface area (Å²) in [5, 5.41) is 8.48. The van der Waals surface area contributed by atoms with E-state index in [9.17, 15) is 26.3 Å². The van der Waals surface area contributed by atoms with Crippen molar-refractivity contribution in [2.24, 2.45) is 0 Å². The molecule has 12 nitrogen and oxygen atoms in total. The number of pyridine rings is 7. The van der Waals surface area contributed by atoms with E-state index in [1.165, 1.54) is 62.2 Å². The van der Waals surface area contributed by atoms with Crippen LogP contribution in [0.15, 0.2) is 116 Å². The van der Waals surface area contributed by atoms with Gasteiger partial charge in [0.1, 0.15) is 23.2 Å². The number of alkyl halides is 6. The SMILES string of the molecule is CC#Cc1cccnc1C.COc1ccncc1C#N.Cc1ccc(N2CCOC(C)C2)nc1C.Cc1cccc(OC(F)(F)F)n1.Cc1ccnc(C)c1.Cc1ccnc(C)c1.Cc1ccnc(C)c1C(F)(F)F. The lowest BCUT2D eigenvalue weighted by Gasteiger charge is -2.32. The molecule has 7 aromatic heterocycles. The highest BCUT2D eigenvalue weighted by atomic mass is 19.4. The Balaban J connectivity index is 0.000000303. The lowest BCUT2D eigenvalue weighted by molar-refractivity contribution is -0.276. The number of aryl methyl sites for hydroxylation is 10. The normalized spacial score (nSPS) is 12.2. The lowest BCUT2D eigenvalue weighted by atomic mass is 10.1. The number of hydrogen-bond donors (Lipinski definition) is 0. The Morgan fingerprint density at radius 1 is 0.653 bits per heavy atom. The van der Waals surface area contributed by atoms with Gasteiger partial charge in [0, 0.05) is 90.4 Å². The predicted octanol–water partition coefficient (Wildman–Crippen LogP) is 13.0. The minimum absolute atomic E-state index is 0.0301. The first kappa shape index (κ1) is 63.2. The fourth-order valence-electron chi connectivity index (χ4n) is 6.41.